The van der Waals surface area contributed by atoms with Gasteiger partial charge in [0, 0.05) is 19.6 Å². The van der Waals surface area contributed by atoms with Gasteiger partial charge in [0.2, 0.25) is 11.2 Å². The Morgan fingerprint density at radius 3 is 2.14 bits per heavy atom. The van der Waals surface area contributed by atoms with E-state index < -0.39 is 6.10 Å². The van der Waals surface area contributed by atoms with Crippen LogP contribution in [0.25, 0.3) is 11.0 Å². The van der Waals surface area contributed by atoms with E-state index in [0.717, 1.165) is 0 Å². The van der Waals surface area contributed by atoms with E-state index in [9.17, 15) is 5.11 Å². The third-order valence-electron chi connectivity index (χ3n) is 2.76. The molecule has 2 heterocycles. The molecule has 9 heteroatoms. The first-order valence-electron chi connectivity index (χ1n) is 7.20. The van der Waals surface area contributed by atoms with Crippen molar-refractivity contribution in [2.45, 2.75) is 26.9 Å². The Bertz CT molecular complexity index is 650. The van der Waals surface area contributed by atoms with E-state index >= 15 is 0 Å². The fraction of sp³-hybridized carbons (Fsp3) is 0.538. The third kappa shape index (κ3) is 3.83. The first-order chi connectivity index (χ1) is 10.5. The standard InChI is InChI=1S/C13H20ClN7O/c1-4-15-10-9-8(18-12(14)20-10)11(16-5-2)21-13(19-9)17-6-7(3)22/h7,22H,4-6H2,1-3H3,(H,15,18,20)(H2,16,17,19,21)/t7-/m0/s1. The van der Waals surface area contributed by atoms with Gasteiger partial charge in [-0.1, -0.05) is 0 Å². The van der Waals surface area contributed by atoms with Crippen LogP contribution in [0.1, 0.15) is 20.8 Å². The minimum atomic E-state index is -0.503. The fourth-order valence-electron chi connectivity index (χ4n) is 1.89. The lowest BCUT2D eigenvalue weighted by Crippen LogP contribution is -2.18. The summed E-state index contributed by atoms with van der Waals surface area (Å²) in [6.07, 6.45) is -0.503. The van der Waals surface area contributed by atoms with E-state index in [1.165, 1.54) is 0 Å². The average Bonchev–Trinajstić information content (AvgIpc) is 2.46. The minimum Gasteiger partial charge on any atom is -0.392 e. The monoisotopic (exact) mass is 325 g/mol. The number of nitrogens with one attached hydrogen (secondary N) is 3. The number of nitrogens with zero attached hydrogens (tertiary/aromatic N) is 4. The predicted molar refractivity (Wildman–Crippen MR) is 88.6 cm³/mol. The second kappa shape index (κ2) is 7.37. The summed E-state index contributed by atoms with van der Waals surface area (Å²) >= 11 is 5.98. The van der Waals surface area contributed by atoms with Crippen LogP contribution in [0.2, 0.25) is 5.28 Å². The van der Waals surface area contributed by atoms with Crippen molar-refractivity contribution in [1.29, 1.82) is 0 Å². The van der Waals surface area contributed by atoms with Gasteiger partial charge in [-0.05, 0) is 32.4 Å². The lowest BCUT2D eigenvalue weighted by atomic mass is 10.3. The topological polar surface area (TPSA) is 108 Å². The highest BCUT2D eigenvalue weighted by molar-refractivity contribution is 6.29. The van der Waals surface area contributed by atoms with Gasteiger partial charge in [-0.2, -0.15) is 9.97 Å². The van der Waals surface area contributed by atoms with Crippen LogP contribution < -0.4 is 16.0 Å². The van der Waals surface area contributed by atoms with Crippen LogP contribution in [0, 0.1) is 0 Å². The Balaban J connectivity index is 2.55. The highest BCUT2D eigenvalue weighted by Crippen LogP contribution is 2.26. The smallest absolute Gasteiger partial charge is 0.225 e. The molecule has 0 aliphatic rings. The SMILES string of the molecule is CCNc1nc(NC[C@H](C)O)nc2c(NCC)nc(Cl)nc12. The second-order valence-electron chi connectivity index (χ2n) is 4.72. The molecule has 2 aromatic heterocycles. The van der Waals surface area contributed by atoms with Crippen LogP contribution in [0.5, 0.6) is 0 Å². The van der Waals surface area contributed by atoms with Crippen molar-refractivity contribution in [3.63, 3.8) is 0 Å². The van der Waals surface area contributed by atoms with E-state index in [4.69, 9.17) is 11.6 Å². The van der Waals surface area contributed by atoms with Crippen LogP contribution in [0.3, 0.4) is 0 Å². The van der Waals surface area contributed by atoms with E-state index in [2.05, 4.69) is 35.9 Å². The molecule has 0 bridgehead atoms. The molecule has 1 atom stereocenters. The summed E-state index contributed by atoms with van der Waals surface area (Å²) in [5.74, 6) is 1.53. The van der Waals surface area contributed by atoms with Gasteiger partial charge in [0.25, 0.3) is 0 Å². The molecule has 0 fully saturated rings. The number of aliphatic hydroxyl groups excluding tert-OH is 1. The molecule has 0 aromatic carbocycles. The molecule has 0 aliphatic carbocycles. The Hall–Kier alpha value is -1.93. The summed E-state index contributed by atoms with van der Waals surface area (Å²) in [5.41, 5.74) is 1.13. The number of aromatic nitrogens is 4. The van der Waals surface area contributed by atoms with Crippen molar-refractivity contribution in [3.05, 3.63) is 5.28 Å². The predicted octanol–water partition coefficient (Wildman–Crippen LogP) is 1.73. The van der Waals surface area contributed by atoms with Gasteiger partial charge < -0.3 is 21.1 Å². The maximum absolute atomic E-state index is 9.39. The lowest BCUT2D eigenvalue weighted by Gasteiger charge is -2.13. The van der Waals surface area contributed by atoms with Crippen molar-refractivity contribution in [2.75, 3.05) is 35.6 Å². The molecule has 0 unspecified atom stereocenters. The van der Waals surface area contributed by atoms with Crippen molar-refractivity contribution in [3.8, 4) is 0 Å². The van der Waals surface area contributed by atoms with E-state index in [1.54, 1.807) is 6.92 Å². The second-order valence-corrected chi connectivity index (χ2v) is 5.06. The molecule has 0 spiro atoms. The normalized spacial score (nSPS) is 12.2. The van der Waals surface area contributed by atoms with Crippen LogP contribution >= 0.6 is 11.6 Å². The van der Waals surface area contributed by atoms with E-state index in [1.807, 2.05) is 13.8 Å². The number of anilines is 3. The molecule has 2 rings (SSSR count). The molecular formula is C13H20ClN7O. The number of aliphatic hydroxyl groups is 1. The van der Waals surface area contributed by atoms with Crippen LogP contribution in [0.15, 0.2) is 0 Å². The number of rotatable bonds is 7. The van der Waals surface area contributed by atoms with Gasteiger partial charge in [0.15, 0.2) is 11.6 Å². The minimum absolute atomic E-state index is 0.135. The highest BCUT2D eigenvalue weighted by Gasteiger charge is 2.15. The number of halogens is 1. The van der Waals surface area contributed by atoms with Crippen molar-refractivity contribution in [1.82, 2.24) is 19.9 Å². The number of hydrogen-bond acceptors (Lipinski definition) is 8. The summed E-state index contributed by atoms with van der Waals surface area (Å²) in [6, 6.07) is 0. The Kier molecular flexibility index (Phi) is 5.51. The van der Waals surface area contributed by atoms with Gasteiger partial charge in [0.05, 0.1) is 6.10 Å². The van der Waals surface area contributed by atoms with Gasteiger partial charge in [0.1, 0.15) is 11.0 Å². The molecule has 22 heavy (non-hydrogen) atoms. The fourth-order valence-corrected chi connectivity index (χ4v) is 2.06. The van der Waals surface area contributed by atoms with Gasteiger partial charge in [-0.3, -0.25) is 0 Å². The average molecular weight is 326 g/mol. The molecule has 8 nitrogen and oxygen atoms in total. The zero-order valence-electron chi connectivity index (χ0n) is 12.8. The molecule has 0 radical (unpaired) electrons. The third-order valence-corrected chi connectivity index (χ3v) is 2.93. The zero-order valence-corrected chi connectivity index (χ0v) is 13.6. The van der Waals surface area contributed by atoms with E-state index in [-0.39, 0.29) is 5.28 Å². The summed E-state index contributed by atoms with van der Waals surface area (Å²) in [7, 11) is 0. The molecule has 0 amide bonds. The first-order valence-corrected chi connectivity index (χ1v) is 7.57. The lowest BCUT2D eigenvalue weighted by molar-refractivity contribution is 0.208. The molecule has 120 valence electrons. The molecule has 4 N–H and O–H groups in total. The molecule has 2 aromatic rings. The maximum atomic E-state index is 9.39. The van der Waals surface area contributed by atoms with Crippen molar-refractivity contribution in [2.24, 2.45) is 0 Å². The number of hydrogen-bond donors (Lipinski definition) is 4. The van der Waals surface area contributed by atoms with Crippen molar-refractivity contribution < 1.29 is 5.11 Å². The summed E-state index contributed by atoms with van der Waals surface area (Å²) < 4.78 is 0. The summed E-state index contributed by atoms with van der Waals surface area (Å²) in [6.45, 7) is 7.32. The van der Waals surface area contributed by atoms with Crippen LogP contribution in [0.4, 0.5) is 17.6 Å². The summed E-state index contributed by atoms with van der Waals surface area (Å²) in [5, 5.41) is 18.8. The van der Waals surface area contributed by atoms with Crippen molar-refractivity contribution >= 4 is 40.2 Å². The summed E-state index contributed by atoms with van der Waals surface area (Å²) in [4.78, 5) is 17.2. The molecule has 0 aliphatic heterocycles. The quantitative estimate of drug-likeness (QED) is 0.570. The molecule has 0 saturated carbocycles. The highest BCUT2D eigenvalue weighted by atomic mass is 35.5. The zero-order chi connectivity index (χ0) is 16.1. The van der Waals surface area contributed by atoms with Gasteiger partial charge >= 0.3 is 0 Å². The van der Waals surface area contributed by atoms with Crippen LogP contribution in [-0.4, -0.2) is 50.8 Å². The largest absolute Gasteiger partial charge is 0.392 e. The maximum Gasteiger partial charge on any atom is 0.225 e. The van der Waals surface area contributed by atoms with Gasteiger partial charge in [-0.25, -0.2) is 9.97 Å². The number of fused-ring (bicyclic) bond motifs is 1. The first kappa shape index (κ1) is 16.4. The van der Waals surface area contributed by atoms with E-state index in [0.29, 0.717) is 48.3 Å². The van der Waals surface area contributed by atoms with Crippen LogP contribution in [-0.2, 0) is 0 Å². The van der Waals surface area contributed by atoms with Gasteiger partial charge in [-0.15, -0.1) is 0 Å². The molecule has 0 saturated heterocycles. The molecular weight excluding hydrogens is 306 g/mol. The Morgan fingerprint density at radius 2 is 1.55 bits per heavy atom. The Labute approximate surface area is 133 Å². The Morgan fingerprint density at radius 1 is 0.955 bits per heavy atom.